The minimum Gasteiger partial charge on any atom is -0.344 e. The Hall–Kier alpha value is -0.130. The largest absolute Gasteiger partial charge is 0.344 e. The highest BCUT2D eigenvalue weighted by Gasteiger charge is 2.08. The monoisotopic (exact) mass is 141 g/mol. The first-order valence-electron chi connectivity index (χ1n) is 1.91. The highest BCUT2D eigenvalue weighted by Crippen LogP contribution is 1.91. The third-order valence-electron chi connectivity index (χ3n) is 0.596. The Morgan fingerprint density at radius 2 is 1.50 bits per heavy atom. The van der Waals surface area contributed by atoms with Gasteiger partial charge in [-0.1, -0.05) is 0 Å². The fourth-order valence-electron chi connectivity index (χ4n) is 0. The molecule has 4 N–H and O–H groups in total. The van der Waals surface area contributed by atoms with Crippen LogP contribution in [0.4, 0.5) is 0 Å². The summed E-state index contributed by atoms with van der Waals surface area (Å²) in [6.45, 7) is 2.82. The molecule has 0 saturated carbocycles. The Balaban J connectivity index is 0. The molecular weight excluding hydrogens is 130 g/mol. The van der Waals surface area contributed by atoms with Crippen molar-refractivity contribution < 1.29 is 13.0 Å². The van der Waals surface area contributed by atoms with Gasteiger partial charge >= 0.3 is 0 Å². The lowest BCUT2D eigenvalue weighted by atomic mass is 10.6. The van der Waals surface area contributed by atoms with Gasteiger partial charge in [0.2, 0.25) is 0 Å². The van der Waals surface area contributed by atoms with Crippen LogP contribution in [0.15, 0.2) is 0 Å². The molecule has 0 bridgehead atoms. The van der Waals surface area contributed by atoms with Crippen molar-refractivity contribution in [1.82, 2.24) is 6.15 Å². The van der Waals surface area contributed by atoms with Gasteiger partial charge in [0.15, 0.2) is 0 Å². The highest BCUT2D eigenvalue weighted by molar-refractivity contribution is 7.86. The van der Waals surface area contributed by atoms with Gasteiger partial charge in [-0.05, 0) is 13.8 Å². The molecule has 0 aromatic rings. The highest BCUT2D eigenvalue weighted by atomic mass is 32.2. The van der Waals surface area contributed by atoms with Crippen LogP contribution in [0, 0.1) is 0 Å². The van der Waals surface area contributed by atoms with E-state index in [1.165, 1.54) is 13.8 Å². The third-order valence-corrected chi connectivity index (χ3v) is 1.79. The maximum absolute atomic E-state index is 9.89. The van der Waals surface area contributed by atoms with Gasteiger partial charge in [-0.3, -0.25) is 4.55 Å². The number of rotatable bonds is 1. The van der Waals surface area contributed by atoms with Gasteiger partial charge in [-0.15, -0.1) is 0 Å². The SMILES string of the molecule is CC(C)S(=O)(=O)O.N. The van der Waals surface area contributed by atoms with E-state index < -0.39 is 15.4 Å². The van der Waals surface area contributed by atoms with E-state index in [-0.39, 0.29) is 6.15 Å². The Kier molecular flexibility index (Phi) is 4.05. The summed E-state index contributed by atoms with van der Waals surface area (Å²) in [6.07, 6.45) is 0. The molecule has 0 unspecified atom stereocenters. The normalized spacial score (nSPS) is 11.0. The fourth-order valence-corrected chi connectivity index (χ4v) is 0. The molecule has 0 spiro atoms. The van der Waals surface area contributed by atoms with Crippen LogP contribution in [-0.4, -0.2) is 18.2 Å². The van der Waals surface area contributed by atoms with Gasteiger partial charge in [-0.2, -0.15) is 8.42 Å². The van der Waals surface area contributed by atoms with Crippen molar-refractivity contribution in [3.63, 3.8) is 0 Å². The molecular formula is C3H11NO3S. The van der Waals surface area contributed by atoms with E-state index >= 15 is 0 Å². The second-order valence-electron chi connectivity index (χ2n) is 1.56. The first kappa shape index (κ1) is 10.8. The molecule has 0 fully saturated rings. The standard InChI is InChI=1S/C3H8O3S.H3N/c1-3(2)7(4,5)6;/h3H,1-2H3,(H,4,5,6);1H3. The Morgan fingerprint density at radius 3 is 1.50 bits per heavy atom. The molecule has 0 atom stereocenters. The van der Waals surface area contributed by atoms with Gasteiger partial charge < -0.3 is 6.15 Å². The van der Waals surface area contributed by atoms with Gasteiger partial charge in [0.1, 0.15) is 0 Å². The molecule has 0 amide bonds. The van der Waals surface area contributed by atoms with Crippen molar-refractivity contribution in [3.05, 3.63) is 0 Å². The molecule has 0 rings (SSSR count). The summed E-state index contributed by atoms with van der Waals surface area (Å²) in [7, 11) is -3.74. The lowest BCUT2D eigenvalue weighted by Crippen LogP contribution is -2.10. The molecule has 0 heterocycles. The van der Waals surface area contributed by atoms with Crippen LogP contribution >= 0.6 is 0 Å². The average Bonchev–Trinajstić information content (AvgIpc) is 1.31. The molecule has 0 saturated heterocycles. The smallest absolute Gasteiger partial charge is 0.267 e. The lowest BCUT2D eigenvalue weighted by molar-refractivity contribution is 0.473. The molecule has 0 aliphatic rings. The number of hydrogen-bond acceptors (Lipinski definition) is 3. The summed E-state index contributed by atoms with van der Waals surface area (Å²) in [5.41, 5.74) is 0. The molecule has 0 aromatic carbocycles. The topological polar surface area (TPSA) is 89.4 Å². The quantitative estimate of drug-likeness (QED) is 0.518. The van der Waals surface area contributed by atoms with Crippen LogP contribution in [0.25, 0.3) is 0 Å². The van der Waals surface area contributed by atoms with Crippen molar-refractivity contribution >= 4 is 10.1 Å². The van der Waals surface area contributed by atoms with E-state index in [0.717, 1.165) is 0 Å². The molecule has 8 heavy (non-hydrogen) atoms. The van der Waals surface area contributed by atoms with Crippen molar-refractivity contribution in [2.24, 2.45) is 0 Å². The number of hydrogen-bond donors (Lipinski definition) is 2. The lowest BCUT2D eigenvalue weighted by Gasteiger charge is -1.94. The molecule has 52 valence electrons. The molecule has 0 radical (unpaired) electrons. The summed E-state index contributed by atoms with van der Waals surface area (Å²) in [5, 5.41) is -0.674. The first-order chi connectivity index (χ1) is 2.94. The van der Waals surface area contributed by atoms with Crippen LogP contribution < -0.4 is 6.15 Å². The second-order valence-corrected chi connectivity index (χ2v) is 3.54. The molecule has 4 nitrogen and oxygen atoms in total. The van der Waals surface area contributed by atoms with Crippen molar-refractivity contribution in [2.75, 3.05) is 0 Å². The van der Waals surface area contributed by atoms with Gasteiger partial charge in [0.05, 0.1) is 5.25 Å². The predicted octanol–water partition coefficient (Wildman–Crippen LogP) is 0.445. The van der Waals surface area contributed by atoms with Crippen molar-refractivity contribution in [1.29, 1.82) is 0 Å². The van der Waals surface area contributed by atoms with Crippen LogP contribution in [0.1, 0.15) is 13.8 Å². The van der Waals surface area contributed by atoms with Crippen LogP contribution in [0.2, 0.25) is 0 Å². The van der Waals surface area contributed by atoms with Crippen molar-refractivity contribution in [2.45, 2.75) is 19.1 Å². The van der Waals surface area contributed by atoms with Crippen LogP contribution in [-0.2, 0) is 10.1 Å². The van der Waals surface area contributed by atoms with Gasteiger partial charge in [0.25, 0.3) is 10.1 Å². The molecule has 0 aromatic heterocycles. The average molecular weight is 141 g/mol. The molecule has 0 aliphatic carbocycles. The second kappa shape index (κ2) is 3.01. The summed E-state index contributed by atoms with van der Waals surface area (Å²) in [6, 6.07) is 0. The molecule has 5 heteroatoms. The molecule has 0 aliphatic heterocycles. The summed E-state index contributed by atoms with van der Waals surface area (Å²) < 4.78 is 27.8. The van der Waals surface area contributed by atoms with Crippen LogP contribution in [0.5, 0.6) is 0 Å². The zero-order valence-corrected chi connectivity index (χ0v) is 5.77. The van der Waals surface area contributed by atoms with E-state index in [4.69, 9.17) is 4.55 Å². The zero-order chi connectivity index (χ0) is 6.08. The van der Waals surface area contributed by atoms with Gasteiger partial charge in [-0.25, -0.2) is 0 Å². The third kappa shape index (κ3) is 4.04. The minimum absolute atomic E-state index is 0. The maximum Gasteiger partial charge on any atom is 0.267 e. The van der Waals surface area contributed by atoms with E-state index in [2.05, 4.69) is 0 Å². The van der Waals surface area contributed by atoms with E-state index in [0.29, 0.717) is 0 Å². The minimum atomic E-state index is -3.74. The fraction of sp³-hybridized carbons (Fsp3) is 1.00. The Labute approximate surface area is 49.2 Å². The Bertz CT molecular complexity index is 137. The van der Waals surface area contributed by atoms with E-state index in [1.54, 1.807) is 0 Å². The van der Waals surface area contributed by atoms with E-state index in [9.17, 15) is 8.42 Å². The first-order valence-corrected chi connectivity index (χ1v) is 3.41. The Morgan fingerprint density at radius 1 is 1.38 bits per heavy atom. The summed E-state index contributed by atoms with van der Waals surface area (Å²) in [5.74, 6) is 0. The zero-order valence-electron chi connectivity index (χ0n) is 4.96. The van der Waals surface area contributed by atoms with Crippen LogP contribution in [0.3, 0.4) is 0 Å². The summed E-state index contributed by atoms with van der Waals surface area (Å²) in [4.78, 5) is 0. The van der Waals surface area contributed by atoms with Crippen molar-refractivity contribution in [3.8, 4) is 0 Å². The van der Waals surface area contributed by atoms with Gasteiger partial charge in [0, 0.05) is 0 Å². The summed E-state index contributed by atoms with van der Waals surface area (Å²) >= 11 is 0. The van der Waals surface area contributed by atoms with E-state index in [1.807, 2.05) is 0 Å². The predicted molar refractivity (Wildman–Crippen MR) is 31.7 cm³/mol. The maximum atomic E-state index is 9.89.